The number of aryl methyl sites for hydroxylation is 1. The lowest BCUT2D eigenvalue weighted by Crippen LogP contribution is -2.18. The number of nitrogens with zero attached hydrogens (tertiary/aromatic N) is 3. The summed E-state index contributed by atoms with van der Waals surface area (Å²) in [6.45, 7) is 2.07. The number of rotatable bonds is 6. The van der Waals surface area contributed by atoms with Gasteiger partial charge in [0.25, 0.3) is 0 Å². The number of halogens is 1. The van der Waals surface area contributed by atoms with Gasteiger partial charge in [0.2, 0.25) is 0 Å². The van der Waals surface area contributed by atoms with Gasteiger partial charge in [-0.25, -0.2) is 0 Å². The zero-order valence-electron chi connectivity index (χ0n) is 19.7. The number of hydrazone groups is 1. The van der Waals surface area contributed by atoms with E-state index in [-0.39, 0.29) is 6.04 Å². The third kappa shape index (κ3) is 5.28. The van der Waals surface area contributed by atoms with Crippen molar-refractivity contribution < 1.29 is 4.74 Å². The van der Waals surface area contributed by atoms with E-state index in [1.165, 1.54) is 11.1 Å². The molecule has 35 heavy (non-hydrogen) atoms. The molecule has 5 rings (SSSR count). The van der Waals surface area contributed by atoms with E-state index >= 15 is 0 Å². The van der Waals surface area contributed by atoms with Crippen molar-refractivity contribution in [3.8, 4) is 5.75 Å². The standard InChI is InChI=1S/C30H26ClN3O/c1-21-3-13-26(14-4-21)32-20-22-5-15-27(16-6-22)34-30(24-9-17-28(35-2)18-10-24)19-29(33-34)23-7-11-25(31)12-8-23/h3-18,20,30H,19H2,1-2H3. The Kier molecular flexibility index (Phi) is 6.64. The summed E-state index contributed by atoms with van der Waals surface area (Å²) in [4.78, 5) is 4.59. The van der Waals surface area contributed by atoms with Gasteiger partial charge in [0.15, 0.2) is 0 Å². The molecule has 1 unspecified atom stereocenters. The Morgan fingerprint density at radius 1 is 0.886 bits per heavy atom. The van der Waals surface area contributed by atoms with Crippen LogP contribution in [0.5, 0.6) is 5.75 Å². The number of hydrogen-bond acceptors (Lipinski definition) is 4. The summed E-state index contributed by atoms with van der Waals surface area (Å²) in [6, 6.07) is 32.7. The van der Waals surface area contributed by atoms with Crippen molar-refractivity contribution in [2.24, 2.45) is 10.1 Å². The van der Waals surface area contributed by atoms with Crippen LogP contribution in [0.4, 0.5) is 11.4 Å². The lowest BCUT2D eigenvalue weighted by molar-refractivity contribution is 0.414. The van der Waals surface area contributed by atoms with Crippen molar-refractivity contribution in [3.05, 3.63) is 124 Å². The van der Waals surface area contributed by atoms with Crippen LogP contribution < -0.4 is 9.75 Å². The second-order valence-electron chi connectivity index (χ2n) is 8.58. The third-order valence-corrected chi connectivity index (χ3v) is 6.39. The normalized spacial score (nSPS) is 15.5. The van der Waals surface area contributed by atoms with Crippen LogP contribution in [0, 0.1) is 6.92 Å². The van der Waals surface area contributed by atoms with E-state index in [9.17, 15) is 0 Å². The van der Waals surface area contributed by atoms with Crippen LogP contribution in [0.3, 0.4) is 0 Å². The van der Waals surface area contributed by atoms with Crippen molar-refractivity contribution in [2.45, 2.75) is 19.4 Å². The summed E-state index contributed by atoms with van der Waals surface area (Å²) in [5, 5.41) is 7.86. The first-order chi connectivity index (χ1) is 17.1. The molecule has 1 heterocycles. The Morgan fingerprint density at radius 3 is 2.23 bits per heavy atom. The maximum atomic E-state index is 6.11. The van der Waals surface area contributed by atoms with Crippen molar-refractivity contribution in [2.75, 3.05) is 12.1 Å². The highest BCUT2D eigenvalue weighted by Gasteiger charge is 2.30. The van der Waals surface area contributed by atoms with Crippen molar-refractivity contribution in [1.82, 2.24) is 0 Å². The Bertz CT molecular complexity index is 1340. The maximum absolute atomic E-state index is 6.11. The Balaban J connectivity index is 1.43. The van der Waals surface area contributed by atoms with E-state index in [4.69, 9.17) is 21.4 Å². The molecule has 0 aliphatic carbocycles. The number of ether oxygens (including phenoxy) is 1. The summed E-state index contributed by atoms with van der Waals surface area (Å²) < 4.78 is 5.35. The fourth-order valence-corrected chi connectivity index (χ4v) is 4.27. The lowest BCUT2D eigenvalue weighted by atomic mass is 9.98. The highest BCUT2D eigenvalue weighted by Crippen LogP contribution is 2.37. The molecule has 0 aromatic heterocycles. The van der Waals surface area contributed by atoms with Crippen LogP contribution in [-0.2, 0) is 0 Å². The Hall–Kier alpha value is -3.89. The SMILES string of the molecule is COc1ccc(C2CC(c3ccc(Cl)cc3)=NN2c2ccc(C=Nc3ccc(C)cc3)cc2)cc1. The second-order valence-corrected chi connectivity index (χ2v) is 9.01. The van der Waals surface area contributed by atoms with Gasteiger partial charge in [0.05, 0.1) is 30.2 Å². The number of aliphatic imine (C=N–C) groups is 1. The number of benzene rings is 4. The molecular weight excluding hydrogens is 454 g/mol. The minimum Gasteiger partial charge on any atom is -0.497 e. The molecule has 1 aliphatic rings. The molecule has 4 nitrogen and oxygen atoms in total. The van der Waals surface area contributed by atoms with Crippen molar-refractivity contribution in [1.29, 1.82) is 0 Å². The lowest BCUT2D eigenvalue weighted by Gasteiger charge is -2.24. The molecule has 0 fully saturated rings. The van der Waals surface area contributed by atoms with Crippen LogP contribution >= 0.6 is 11.6 Å². The van der Waals surface area contributed by atoms with E-state index in [1.807, 2.05) is 54.7 Å². The van der Waals surface area contributed by atoms with Crippen LogP contribution in [0.25, 0.3) is 0 Å². The van der Waals surface area contributed by atoms with E-state index in [0.717, 1.165) is 45.4 Å². The fourth-order valence-electron chi connectivity index (χ4n) is 4.14. The van der Waals surface area contributed by atoms with Gasteiger partial charge in [0, 0.05) is 17.7 Å². The first-order valence-corrected chi connectivity index (χ1v) is 11.9. The molecule has 1 atom stereocenters. The zero-order chi connectivity index (χ0) is 24.2. The van der Waals surface area contributed by atoms with Crippen LogP contribution in [0.15, 0.2) is 107 Å². The van der Waals surface area contributed by atoms with E-state index in [0.29, 0.717) is 0 Å². The largest absolute Gasteiger partial charge is 0.497 e. The Labute approximate surface area is 211 Å². The van der Waals surface area contributed by atoms with Gasteiger partial charge in [-0.15, -0.1) is 0 Å². The van der Waals surface area contributed by atoms with Crippen LogP contribution in [0.1, 0.15) is 34.7 Å². The van der Waals surface area contributed by atoms with Gasteiger partial charge in [0.1, 0.15) is 5.75 Å². The minimum absolute atomic E-state index is 0.0821. The van der Waals surface area contributed by atoms with Gasteiger partial charge < -0.3 is 4.74 Å². The molecule has 4 aromatic rings. The number of methoxy groups -OCH3 is 1. The fraction of sp³-hybridized carbons (Fsp3) is 0.133. The zero-order valence-corrected chi connectivity index (χ0v) is 20.5. The smallest absolute Gasteiger partial charge is 0.118 e. The molecule has 5 heteroatoms. The molecule has 0 saturated carbocycles. The molecule has 0 saturated heterocycles. The maximum Gasteiger partial charge on any atom is 0.118 e. The second kappa shape index (κ2) is 10.2. The molecule has 0 bridgehead atoms. The van der Waals surface area contributed by atoms with E-state index in [1.54, 1.807) is 7.11 Å². The predicted molar refractivity (Wildman–Crippen MR) is 146 cm³/mol. The molecule has 4 aromatic carbocycles. The van der Waals surface area contributed by atoms with E-state index in [2.05, 4.69) is 65.5 Å². The topological polar surface area (TPSA) is 37.2 Å². The van der Waals surface area contributed by atoms with Gasteiger partial charge in [-0.2, -0.15) is 5.10 Å². The number of anilines is 1. The highest BCUT2D eigenvalue weighted by atomic mass is 35.5. The van der Waals surface area contributed by atoms with Crippen LogP contribution in [0.2, 0.25) is 5.02 Å². The molecule has 0 spiro atoms. The summed E-state index contributed by atoms with van der Waals surface area (Å²) in [7, 11) is 1.68. The van der Waals surface area contributed by atoms with E-state index < -0.39 is 0 Å². The minimum atomic E-state index is 0.0821. The van der Waals surface area contributed by atoms with Crippen molar-refractivity contribution in [3.63, 3.8) is 0 Å². The monoisotopic (exact) mass is 479 g/mol. The number of hydrogen-bond donors (Lipinski definition) is 0. The molecular formula is C30H26ClN3O. The molecule has 174 valence electrons. The summed E-state index contributed by atoms with van der Waals surface area (Å²) >= 11 is 6.11. The quantitative estimate of drug-likeness (QED) is 0.265. The molecule has 0 amide bonds. The van der Waals surface area contributed by atoms with Crippen LogP contribution in [-0.4, -0.2) is 19.0 Å². The highest BCUT2D eigenvalue weighted by molar-refractivity contribution is 6.30. The molecule has 0 N–H and O–H groups in total. The average Bonchev–Trinajstić information content (AvgIpc) is 3.35. The predicted octanol–water partition coefficient (Wildman–Crippen LogP) is 7.76. The molecule has 0 radical (unpaired) electrons. The van der Waals surface area contributed by atoms with Gasteiger partial charge in [-0.3, -0.25) is 10.0 Å². The molecule has 1 aliphatic heterocycles. The van der Waals surface area contributed by atoms with Gasteiger partial charge >= 0.3 is 0 Å². The van der Waals surface area contributed by atoms with Gasteiger partial charge in [-0.05, 0) is 72.1 Å². The third-order valence-electron chi connectivity index (χ3n) is 6.14. The summed E-state index contributed by atoms with van der Waals surface area (Å²) in [5.41, 5.74) is 7.53. The summed E-state index contributed by atoms with van der Waals surface area (Å²) in [6.07, 6.45) is 2.69. The van der Waals surface area contributed by atoms with Gasteiger partial charge in [-0.1, -0.05) is 65.7 Å². The summed E-state index contributed by atoms with van der Waals surface area (Å²) in [5.74, 6) is 0.842. The first kappa shape index (κ1) is 22.9. The van der Waals surface area contributed by atoms with Crippen molar-refractivity contribution >= 4 is 34.9 Å². The average molecular weight is 480 g/mol. The Morgan fingerprint density at radius 2 is 1.57 bits per heavy atom. The first-order valence-electron chi connectivity index (χ1n) is 11.6.